The lowest BCUT2D eigenvalue weighted by molar-refractivity contribution is -0.176. The van der Waals surface area contributed by atoms with Crippen LogP contribution >= 0.6 is 0 Å². The van der Waals surface area contributed by atoms with Crippen LogP contribution in [0.1, 0.15) is 13.8 Å². The molecule has 0 rings (SSSR count). The second-order valence-corrected chi connectivity index (χ2v) is 2.17. The molecule has 0 N–H and O–H groups in total. The first kappa shape index (κ1) is 10.7. The van der Waals surface area contributed by atoms with Crippen LogP contribution in [-0.2, 0) is 4.74 Å². The first-order valence-electron chi connectivity index (χ1n) is 3.17. The van der Waals surface area contributed by atoms with Crippen LogP contribution in [-0.4, -0.2) is 25.1 Å². The summed E-state index contributed by atoms with van der Waals surface area (Å²) in [5.41, 5.74) is 0. The highest BCUT2D eigenvalue weighted by Crippen LogP contribution is 2.25. The lowest BCUT2D eigenvalue weighted by Crippen LogP contribution is -2.38. The fourth-order valence-corrected chi connectivity index (χ4v) is 0.620. The van der Waals surface area contributed by atoms with Gasteiger partial charge in [0.15, 0.2) is 6.10 Å². The second kappa shape index (κ2) is 3.90. The molecule has 1 nitrogen and oxygen atoms in total. The average molecular weight is 174 g/mol. The van der Waals surface area contributed by atoms with E-state index in [1.807, 2.05) is 0 Å². The quantitative estimate of drug-likeness (QED) is 0.594. The number of halogens is 4. The van der Waals surface area contributed by atoms with Crippen LogP contribution < -0.4 is 0 Å². The summed E-state index contributed by atoms with van der Waals surface area (Å²) in [6.45, 7) is 1.67. The SMILES string of the molecule is CCOC(C(F)F)C(C)(F)F. The maximum absolute atomic E-state index is 12.2. The van der Waals surface area contributed by atoms with Crippen LogP contribution in [0.3, 0.4) is 0 Å². The van der Waals surface area contributed by atoms with E-state index < -0.39 is 18.5 Å². The molecule has 1 unspecified atom stereocenters. The van der Waals surface area contributed by atoms with Crippen molar-refractivity contribution in [3.63, 3.8) is 0 Å². The normalized spacial score (nSPS) is 15.5. The Morgan fingerprint density at radius 1 is 1.36 bits per heavy atom. The van der Waals surface area contributed by atoms with Gasteiger partial charge in [0.1, 0.15) is 0 Å². The van der Waals surface area contributed by atoms with Crippen molar-refractivity contribution in [2.75, 3.05) is 6.61 Å². The van der Waals surface area contributed by atoms with E-state index >= 15 is 0 Å². The highest BCUT2D eigenvalue weighted by molar-refractivity contribution is 4.74. The third-order valence-corrected chi connectivity index (χ3v) is 1.07. The van der Waals surface area contributed by atoms with Gasteiger partial charge in [-0.05, 0) is 6.92 Å². The molecule has 1 atom stereocenters. The molecule has 0 amide bonds. The molecule has 0 aromatic heterocycles. The van der Waals surface area contributed by atoms with Crippen LogP contribution in [0.15, 0.2) is 0 Å². The monoisotopic (exact) mass is 174 g/mol. The zero-order chi connectivity index (χ0) is 9.07. The summed E-state index contributed by atoms with van der Waals surface area (Å²) in [4.78, 5) is 0. The van der Waals surface area contributed by atoms with E-state index in [2.05, 4.69) is 4.74 Å². The van der Waals surface area contributed by atoms with Gasteiger partial charge in [0.25, 0.3) is 12.3 Å². The smallest absolute Gasteiger partial charge is 0.276 e. The molecule has 5 heteroatoms. The predicted molar refractivity (Wildman–Crippen MR) is 32.0 cm³/mol. The molecular formula is C6H10F4O. The molecule has 0 saturated carbocycles. The van der Waals surface area contributed by atoms with E-state index in [-0.39, 0.29) is 6.61 Å². The van der Waals surface area contributed by atoms with Crippen LogP contribution in [0.25, 0.3) is 0 Å². The second-order valence-electron chi connectivity index (χ2n) is 2.17. The number of hydrogen-bond acceptors (Lipinski definition) is 1. The van der Waals surface area contributed by atoms with Gasteiger partial charge >= 0.3 is 0 Å². The van der Waals surface area contributed by atoms with Gasteiger partial charge in [-0.2, -0.15) is 0 Å². The zero-order valence-corrected chi connectivity index (χ0v) is 6.28. The minimum atomic E-state index is -3.48. The lowest BCUT2D eigenvalue weighted by Gasteiger charge is -2.21. The third-order valence-electron chi connectivity index (χ3n) is 1.07. The fraction of sp³-hybridized carbons (Fsp3) is 1.00. The molecule has 11 heavy (non-hydrogen) atoms. The van der Waals surface area contributed by atoms with Gasteiger partial charge in [0.05, 0.1) is 0 Å². The zero-order valence-electron chi connectivity index (χ0n) is 6.28. The molecule has 0 aromatic rings. The fourth-order valence-electron chi connectivity index (χ4n) is 0.620. The summed E-state index contributed by atoms with van der Waals surface area (Å²) >= 11 is 0. The Kier molecular flexibility index (Phi) is 3.78. The standard InChI is InChI=1S/C6H10F4O/c1-3-11-4(5(7)8)6(2,9)10/h4-5H,3H2,1-2H3. The summed E-state index contributed by atoms with van der Waals surface area (Å²) < 4.78 is 52.2. The van der Waals surface area contributed by atoms with Gasteiger partial charge in [-0.15, -0.1) is 0 Å². The lowest BCUT2D eigenvalue weighted by atomic mass is 10.2. The summed E-state index contributed by atoms with van der Waals surface area (Å²) in [5, 5.41) is 0. The summed E-state index contributed by atoms with van der Waals surface area (Å²) in [5.74, 6) is -3.48. The Labute approximate surface area is 62.3 Å². The van der Waals surface area contributed by atoms with Gasteiger partial charge in [0.2, 0.25) is 0 Å². The molecule has 68 valence electrons. The largest absolute Gasteiger partial charge is 0.366 e. The molecule has 0 heterocycles. The van der Waals surface area contributed by atoms with Crippen molar-refractivity contribution < 1.29 is 22.3 Å². The van der Waals surface area contributed by atoms with E-state index in [4.69, 9.17) is 0 Å². The summed E-state index contributed by atoms with van der Waals surface area (Å²) in [6, 6.07) is 0. The molecule has 0 spiro atoms. The maximum atomic E-state index is 12.2. The van der Waals surface area contributed by atoms with Gasteiger partial charge in [-0.1, -0.05) is 0 Å². The van der Waals surface area contributed by atoms with E-state index in [0.29, 0.717) is 6.92 Å². The number of ether oxygens (including phenoxy) is 1. The Bertz CT molecular complexity index is 110. The van der Waals surface area contributed by atoms with Crippen molar-refractivity contribution >= 4 is 0 Å². The van der Waals surface area contributed by atoms with Crippen molar-refractivity contribution in [2.45, 2.75) is 32.3 Å². The number of rotatable bonds is 4. The van der Waals surface area contributed by atoms with Crippen molar-refractivity contribution in [2.24, 2.45) is 0 Å². The van der Waals surface area contributed by atoms with Crippen LogP contribution in [0.4, 0.5) is 17.6 Å². The summed E-state index contributed by atoms with van der Waals surface area (Å²) in [6.07, 6.45) is -5.43. The number of alkyl halides is 4. The first-order chi connectivity index (χ1) is 4.89. The molecule has 0 fully saturated rings. The van der Waals surface area contributed by atoms with Gasteiger partial charge in [-0.3, -0.25) is 0 Å². The Balaban J connectivity index is 4.10. The Hall–Kier alpha value is -0.320. The molecule has 0 aromatic carbocycles. The van der Waals surface area contributed by atoms with E-state index in [9.17, 15) is 17.6 Å². The van der Waals surface area contributed by atoms with Gasteiger partial charge in [-0.25, -0.2) is 17.6 Å². The minimum Gasteiger partial charge on any atom is -0.366 e. The highest BCUT2D eigenvalue weighted by Gasteiger charge is 2.41. The predicted octanol–water partition coefficient (Wildman–Crippen LogP) is 2.31. The van der Waals surface area contributed by atoms with Gasteiger partial charge in [0, 0.05) is 13.5 Å². The molecule has 0 radical (unpaired) electrons. The Morgan fingerprint density at radius 2 is 1.82 bits per heavy atom. The molecule has 0 aliphatic rings. The van der Waals surface area contributed by atoms with Crippen molar-refractivity contribution in [3.05, 3.63) is 0 Å². The van der Waals surface area contributed by atoms with Gasteiger partial charge < -0.3 is 4.74 Å². The van der Waals surface area contributed by atoms with E-state index in [1.165, 1.54) is 6.92 Å². The topological polar surface area (TPSA) is 9.23 Å². The number of hydrogen-bond donors (Lipinski definition) is 0. The maximum Gasteiger partial charge on any atom is 0.276 e. The average Bonchev–Trinajstić information content (AvgIpc) is 1.79. The van der Waals surface area contributed by atoms with Crippen molar-refractivity contribution in [1.29, 1.82) is 0 Å². The van der Waals surface area contributed by atoms with E-state index in [1.54, 1.807) is 0 Å². The third kappa shape index (κ3) is 3.55. The van der Waals surface area contributed by atoms with E-state index in [0.717, 1.165) is 0 Å². The van der Waals surface area contributed by atoms with Crippen LogP contribution in [0.2, 0.25) is 0 Å². The van der Waals surface area contributed by atoms with Crippen LogP contribution in [0, 0.1) is 0 Å². The molecule has 0 aliphatic heterocycles. The van der Waals surface area contributed by atoms with Crippen LogP contribution in [0.5, 0.6) is 0 Å². The molecule has 0 saturated heterocycles. The molecular weight excluding hydrogens is 164 g/mol. The van der Waals surface area contributed by atoms with Crippen molar-refractivity contribution in [3.8, 4) is 0 Å². The van der Waals surface area contributed by atoms with Crippen molar-refractivity contribution in [1.82, 2.24) is 0 Å². The molecule has 0 bridgehead atoms. The Morgan fingerprint density at radius 3 is 1.91 bits per heavy atom. The first-order valence-corrected chi connectivity index (χ1v) is 3.17. The summed E-state index contributed by atoms with van der Waals surface area (Å²) in [7, 11) is 0. The molecule has 0 aliphatic carbocycles. The minimum absolute atomic E-state index is 0.140. The highest BCUT2D eigenvalue weighted by atomic mass is 19.3.